The Morgan fingerprint density at radius 1 is 1.16 bits per heavy atom. The first kappa shape index (κ1) is 15.1. The first-order valence-electron chi connectivity index (χ1n) is 5.03. The second-order valence-corrected chi connectivity index (χ2v) is 8.94. The summed E-state index contributed by atoms with van der Waals surface area (Å²) in [5.41, 5.74) is 1.20. The Morgan fingerprint density at radius 3 is 2.21 bits per heavy atom. The molecular formula is C11H8BrCl2NO2S2. The van der Waals surface area contributed by atoms with Crippen LogP contribution in [0.1, 0.15) is 5.56 Å². The monoisotopic (exact) mass is 399 g/mol. The first-order chi connectivity index (χ1) is 8.78. The Hall–Kier alpha value is -0.270. The average molecular weight is 401 g/mol. The summed E-state index contributed by atoms with van der Waals surface area (Å²) >= 11 is 16.1. The third-order valence-corrected chi connectivity index (χ3v) is 6.64. The molecule has 0 unspecified atom stereocenters. The maximum Gasteiger partial charge on any atom is 0.271 e. The molecule has 0 spiro atoms. The van der Waals surface area contributed by atoms with E-state index in [-0.39, 0.29) is 4.21 Å². The van der Waals surface area contributed by atoms with Crippen LogP contribution in [0.5, 0.6) is 0 Å². The van der Waals surface area contributed by atoms with Crippen molar-refractivity contribution in [3.05, 3.63) is 43.7 Å². The maximum absolute atomic E-state index is 12.2. The summed E-state index contributed by atoms with van der Waals surface area (Å²) in [5, 5.41) is 0.738. The minimum absolute atomic E-state index is 0.230. The lowest BCUT2D eigenvalue weighted by Gasteiger charge is -2.07. The van der Waals surface area contributed by atoms with Crippen LogP contribution in [-0.2, 0) is 10.0 Å². The number of anilines is 1. The van der Waals surface area contributed by atoms with Crippen LogP contribution in [-0.4, -0.2) is 8.42 Å². The van der Waals surface area contributed by atoms with E-state index in [0.717, 1.165) is 20.7 Å². The highest BCUT2D eigenvalue weighted by atomic mass is 79.9. The summed E-state index contributed by atoms with van der Waals surface area (Å²) in [7, 11) is -3.63. The van der Waals surface area contributed by atoms with Gasteiger partial charge in [-0.05, 0) is 52.7 Å². The molecular weight excluding hydrogens is 393 g/mol. The average Bonchev–Trinajstić information content (AvgIpc) is 2.57. The van der Waals surface area contributed by atoms with Crippen LogP contribution in [0.3, 0.4) is 0 Å². The fourth-order valence-electron chi connectivity index (χ4n) is 1.38. The molecule has 19 heavy (non-hydrogen) atoms. The number of hydrogen-bond donors (Lipinski definition) is 1. The molecule has 1 heterocycles. The SMILES string of the molecule is Cc1cc(S(=O)(=O)Nc2cc(Cl)cc(Cl)c2)sc1Br. The zero-order valence-electron chi connectivity index (χ0n) is 9.58. The van der Waals surface area contributed by atoms with Gasteiger partial charge in [0.05, 0.1) is 9.47 Å². The lowest BCUT2D eigenvalue weighted by molar-refractivity contribution is 0.603. The number of sulfonamides is 1. The van der Waals surface area contributed by atoms with E-state index >= 15 is 0 Å². The normalized spacial score (nSPS) is 11.6. The van der Waals surface area contributed by atoms with Gasteiger partial charge >= 0.3 is 0 Å². The van der Waals surface area contributed by atoms with Crippen LogP contribution in [0, 0.1) is 6.92 Å². The summed E-state index contributed by atoms with van der Waals surface area (Å²) in [5.74, 6) is 0. The molecule has 0 saturated carbocycles. The van der Waals surface area contributed by atoms with Crippen molar-refractivity contribution in [1.29, 1.82) is 0 Å². The molecule has 0 amide bonds. The van der Waals surface area contributed by atoms with Crippen molar-refractivity contribution >= 4 is 66.2 Å². The second-order valence-electron chi connectivity index (χ2n) is 3.79. The van der Waals surface area contributed by atoms with Gasteiger partial charge in [0, 0.05) is 10.0 Å². The van der Waals surface area contributed by atoms with Gasteiger partial charge in [0.15, 0.2) is 0 Å². The van der Waals surface area contributed by atoms with Gasteiger partial charge in [-0.2, -0.15) is 0 Å². The summed E-state index contributed by atoms with van der Waals surface area (Å²) in [6.45, 7) is 1.83. The summed E-state index contributed by atoms with van der Waals surface area (Å²) < 4.78 is 27.8. The van der Waals surface area contributed by atoms with Crippen LogP contribution in [0.2, 0.25) is 10.0 Å². The molecule has 0 aliphatic heterocycles. The number of hydrogen-bond acceptors (Lipinski definition) is 3. The largest absolute Gasteiger partial charge is 0.279 e. The minimum atomic E-state index is -3.63. The van der Waals surface area contributed by atoms with E-state index in [4.69, 9.17) is 23.2 Å². The van der Waals surface area contributed by atoms with E-state index in [9.17, 15) is 8.42 Å². The topological polar surface area (TPSA) is 46.2 Å². The predicted molar refractivity (Wildman–Crippen MR) is 84.0 cm³/mol. The Bertz CT molecular complexity index is 689. The molecule has 0 bridgehead atoms. The van der Waals surface area contributed by atoms with Gasteiger partial charge < -0.3 is 0 Å². The highest BCUT2D eigenvalue weighted by molar-refractivity contribution is 9.11. The zero-order chi connectivity index (χ0) is 14.2. The molecule has 0 aliphatic rings. The van der Waals surface area contributed by atoms with Crippen molar-refractivity contribution < 1.29 is 8.42 Å². The molecule has 1 aromatic heterocycles. The van der Waals surface area contributed by atoms with Gasteiger partial charge in [0.25, 0.3) is 10.0 Å². The number of benzene rings is 1. The molecule has 0 atom stereocenters. The van der Waals surface area contributed by atoms with E-state index in [1.165, 1.54) is 18.2 Å². The van der Waals surface area contributed by atoms with Gasteiger partial charge in [0.1, 0.15) is 4.21 Å². The van der Waals surface area contributed by atoms with E-state index < -0.39 is 10.0 Å². The van der Waals surface area contributed by atoms with Crippen molar-refractivity contribution in [2.24, 2.45) is 0 Å². The van der Waals surface area contributed by atoms with Crippen molar-refractivity contribution in [2.75, 3.05) is 4.72 Å². The van der Waals surface area contributed by atoms with E-state index in [1.807, 2.05) is 6.92 Å². The summed E-state index contributed by atoms with van der Waals surface area (Å²) in [4.78, 5) is 0. The molecule has 8 heteroatoms. The predicted octanol–water partition coefficient (Wildman–Crippen LogP) is 4.93. The van der Waals surface area contributed by atoms with E-state index in [2.05, 4.69) is 20.7 Å². The minimum Gasteiger partial charge on any atom is -0.279 e. The van der Waals surface area contributed by atoms with Gasteiger partial charge in [-0.25, -0.2) is 8.42 Å². The first-order valence-corrected chi connectivity index (χ1v) is 8.87. The van der Waals surface area contributed by atoms with Crippen molar-refractivity contribution in [2.45, 2.75) is 11.1 Å². The van der Waals surface area contributed by atoms with Crippen molar-refractivity contribution in [1.82, 2.24) is 0 Å². The Balaban J connectivity index is 2.36. The highest BCUT2D eigenvalue weighted by Gasteiger charge is 2.18. The van der Waals surface area contributed by atoms with Crippen molar-refractivity contribution in [3.8, 4) is 0 Å². The van der Waals surface area contributed by atoms with E-state index in [0.29, 0.717) is 15.7 Å². The molecule has 1 N–H and O–H groups in total. The number of thiophene rings is 1. The van der Waals surface area contributed by atoms with Crippen LogP contribution in [0.25, 0.3) is 0 Å². The Morgan fingerprint density at radius 2 is 1.74 bits per heavy atom. The van der Waals surface area contributed by atoms with Crippen LogP contribution in [0.4, 0.5) is 5.69 Å². The molecule has 2 rings (SSSR count). The third-order valence-electron chi connectivity index (χ3n) is 2.21. The standard InChI is InChI=1S/C11H8BrCl2NO2S2/c1-6-2-10(18-11(6)12)19(16,17)15-9-4-7(13)3-8(14)5-9/h2-5,15H,1H3. The highest BCUT2D eigenvalue weighted by Crippen LogP contribution is 2.32. The lowest BCUT2D eigenvalue weighted by Crippen LogP contribution is -2.11. The van der Waals surface area contributed by atoms with Gasteiger partial charge in [-0.3, -0.25) is 4.72 Å². The Labute approximate surface area is 133 Å². The smallest absolute Gasteiger partial charge is 0.271 e. The van der Waals surface area contributed by atoms with Crippen LogP contribution < -0.4 is 4.72 Å². The third kappa shape index (κ3) is 3.64. The number of nitrogens with one attached hydrogen (secondary N) is 1. The molecule has 102 valence electrons. The number of rotatable bonds is 3. The molecule has 0 fully saturated rings. The lowest BCUT2D eigenvalue weighted by atomic mass is 10.3. The fourth-order valence-corrected chi connectivity index (χ4v) is 5.17. The summed E-state index contributed by atoms with van der Waals surface area (Å²) in [6.07, 6.45) is 0. The molecule has 0 aliphatic carbocycles. The summed E-state index contributed by atoms with van der Waals surface area (Å²) in [6, 6.07) is 6.14. The molecule has 0 radical (unpaired) electrons. The molecule has 2 aromatic rings. The number of aryl methyl sites for hydroxylation is 1. The van der Waals surface area contributed by atoms with Crippen LogP contribution >= 0.6 is 50.5 Å². The quantitative estimate of drug-likeness (QED) is 0.793. The van der Waals surface area contributed by atoms with E-state index in [1.54, 1.807) is 6.07 Å². The fraction of sp³-hybridized carbons (Fsp3) is 0.0909. The van der Waals surface area contributed by atoms with Crippen LogP contribution in [0.15, 0.2) is 32.3 Å². The van der Waals surface area contributed by atoms with Gasteiger partial charge in [-0.15, -0.1) is 11.3 Å². The Kier molecular flexibility index (Phi) is 4.47. The maximum atomic E-state index is 12.2. The zero-order valence-corrected chi connectivity index (χ0v) is 14.3. The molecule has 3 nitrogen and oxygen atoms in total. The second kappa shape index (κ2) is 5.61. The van der Waals surface area contributed by atoms with Gasteiger partial charge in [0.2, 0.25) is 0 Å². The van der Waals surface area contributed by atoms with Gasteiger partial charge in [-0.1, -0.05) is 23.2 Å². The molecule has 0 saturated heterocycles. The number of halogens is 3. The van der Waals surface area contributed by atoms with Crippen molar-refractivity contribution in [3.63, 3.8) is 0 Å². The molecule has 1 aromatic carbocycles.